The van der Waals surface area contributed by atoms with E-state index in [-0.39, 0.29) is 6.15 Å². The number of nitrogens with zero attached hydrogens (tertiary/aromatic N) is 3. The Bertz CT molecular complexity index is 1040. The third-order valence-electron chi connectivity index (χ3n) is 6.15. The number of aliphatic hydroxyl groups excluding tert-OH is 1. The molecule has 150 valence electrons. The van der Waals surface area contributed by atoms with Gasteiger partial charge in [0.15, 0.2) is 0 Å². The molecule has 29 heavy (non-hydrogen) atoms. The number of rotatable bonds is 3. The molecule has 1 N–H and O–H groups in total. The minimum absolute atomic E-state index is 0.250. The van der Waals surface area contributed by atoms with Crippen LogP contribution in [0.4, 0.5) is 0 Å². The van der Waals surface area contributed by atoms with Crippen molar-refractivity contribution in [2.75, 3.05) is 13.1 Å². The van der Waals surface area contributed by atoms with Crippen LogP contribution in [0, 0.1) is 6.92 Å². The van der Waals surface area contributed by atoms with E-state index >= 15 is 0 Å². The molecule has 6 nitrogen and oxygen atoms in total. The molecule has 2 unspecified atom stereocenters. The van der Waals surface area contributed by atoms with Crippen LogP contribution in [0.2, 0.25) is 0 Å². The number of pyridine rings is 1. The van der Waals surface area contributed by atoms with Gasteiger partial charge in [-0.15, -0.1) is 0 Å². The molecule has 2 aliphatic rings. The number of carbonyl (C=O) groups excluding carboxylic acids is 2. The molecule has 2 atom stereocenters. The van der Waals surface area contributed by atoms with Gasteiger partial charge >= 0.3 is 6.15 Å². The topological polar surface area (TPSA) is 75.4 Å². The van der Waals surface area contributed by atoms with Gasteiger partial charge in [0, 0.05) is 48.0 Å². The molecule has 1 aromatic carbocycles. The van der Waals surface area contributed by atoms with Crippen molar-refractivity contribution in [2.24, 2.45) is 0 Å². The van der Waals surface area contributed by atoms with Gasteiger partial charge in [-0.2, -0.15) is 9.59 Å². The lowest BCUT2D eigenvalue weighted by molar-refractivity contribution is -0.191. The van der Waals surface area contributed by atoms with E-state index in [0.717, 1.165) is 18.5 Å². The van der Waals surface area contributed by atoms with Gasteiger partial charge < -0.3 is 9.67 Å². The molecular formula is C23H25N3O3. The SMILES string of the molecule is Cc1ccc2c(c1)c1c(n2CC(O)c2ccncc2)CCN2CCCC12.O=C=O. The standard InChI is InChI=1S/C22H25N3O.CO2/c1-15-4-5-18-17(13-15)22-19-3-2-11-24(19)12-8-20(22)25(18)14-21(26)16-6-9-23-10-7-16;2-1-3/h4-7,9-10,13,19,21,26H,2-3,8,11-12,14H2,1H3;. The van der Waals surface area contributed by atoms with Gasteiger partial charge in [0.2, 0.25) is 0 Å². The maximum atomic E-state index is 10.8. The Morgan fingerprint density at radius 3 is 2.72 bits per heavy atom. The van der Waals surface area contributed by atoms with Gasteiger partial charge in [-0.05, 0) is 61.7 Å². The lowest BCUT2D eigenvalue weighted by Crippen LogP contribution is -2.31. The first-order chi connectivity index (χ1) is 14.1. The molecule has 0 bridgehead atoms. The molecule has 0 amide bonds. The Morgan fingerprint density at radius 1 is 1.21 bits per heavy atom. The van der Waals surface area contributed by atoms with Crippen LogP contribution in [-0.4, -0.2) is 38.8 Å². The summed E-state index contributed by atoms with van der Waals surface area (Å²) < 4.78 is 2.38. The third-order valence-corrected chi connectivity index (χ3v) is 6.15. The normalized spacial score (nSPS) is 19.0. The highest BCUT2D eigenvalue weighted by molar-refractivity contribution is 5.87. The minimum Gasteiger partial charge on any atom is -0.387 e. The van der Waals surface area contributed by atoms with E-state index in [1.54, 1.807) is 12.4 Å². The molecule has 5 rings (SSSR count). The zero-order valence-corrected chi connectivity index (χ0v) is 16.5. The molecule has 6 heteroatoms. The molecule has 1 fully saturated rings. The van der Waals surface area contributed by atoms with Gasteiger partial charge in [0.05, 0.1) is 12.6 Å². The first kappa shape index (κ1) is 19.5. The van der Waals surface area contributed by atoms with Crippen molar-refractivity contribution in [3.8, 4) is 0 Å². The Balaban J connectivity index is 0.000000645. The number of aryl methyl sites for hydroxylation is 1. The molecule has 0 radical (unpaired) electrons. The smallest absolute Gasteiger partial charge is 0.373 e. The molecule has 0 aliphatic carbocycles. The van der Waals surface area contributed by atoms with Crippen molar-refractivity contribution in [1.29, 1.82) is 0 Å². The number of benzene rings is 1. The van der Waals surface area contributed by atoms with E-state index in [2.05, 4.69) is 39.6 Å². The van der Waals surface area contributed by atoms with Gasteiger partial charge in [-0.3, -0.25) is 9.88 Å². The van der Waals surface area contributed by atoms with Crippen LogP contribution in [0.25, 0.3) is 10.9 Å². The second-order valence-electron chi connectivity index (χ2n) is 7.82. The summed E-state index contributed by atoms with van der Waals surface area (Å²) in [6.07, 6.45) is 6.86. The molecule has 4 heterocycles. The van der Waals surface area contributed by atoms with Crippen LogP contribution in [0.1, 0.15) is 47.4 Å². The molecule has 0 spiro atoms. The molecule has 2 aromatic heterocycles. The highest BCUT2D eigenvalue weighted by atomic mass is 16.3. The predicted molar refractivity (Wildman–Crippen MR) is 108 cm³/mol. The molecule has 3 aromatic rings. The highest BCUT2D eigenvalue weighted by Crippen LogP contribution is 2.43. The number of hydrogen-bond donors (Lipinski definition) is 1. The Morgan fingerprint density at radius 2 is 1.97 bits per heavy atom. The fraction of sp³-hybridized carbons (Fsp3) is 0.391. The summed E-state index contributed by atoms with van der Waals surface area (Å²) in [5, 5.41) is 12.2. The quantitative estimate of drug-likeness (QED) is 0.742. The van der Waals surface area contributed by atoms with Crippen LogP contribution in [0.15, 0.2) is 42.7 Å². The van der Waals surface area contributed by atoms with Gasteiger partial charge in [-0.1, -0.05) is 11.6 Å². The number of aromatic nitrogens is 2. The van der Waals surface area contributed by atoms with Crippen molar-refractivity contribution in [3.05, 3.63) is 65.1 Å². The van der Waals surface area contributed by atoms with E-state index in [0.29, 0.717) is 12.6 Å². The largest absolute Gasteiger partial charge is 0.387 e. The summed E-state index contributed by atoms with van der Waals surface area (Å²) in [5.41, 5.74) is 6.46. The highest BCUT2D eigenvalue weighted by Gasteiger charge is 2.35. The van der Waals surface area contributed by atoms with Crippen LogP contribution in [-0.2, 0) is 22.6 Å². The summed E-state index contributed by atoms with van der Waals surface area (Å²) in [6.45, 7) is 5.14. The maximum Gasteiger partial charge on any atom is 0.373 e. The van der Waals surface area contributed by atoms with Crippen molar-refractivity contribution >= 4 is 17.1 Å². The van der Waals surface area contributed by atoms with Crippen molar-refractivity contribution in [2.45, 2.75) is 44.9 Å². The van der Waals surface area contributed by atoms with E-state index in [4.69, 9.17) is 9.59 Å². The summed E-state index contributed by atoms with van der Waals surface area (Å²) >= 11 is 0. The number of fused-ring (bicyclic) bond motifs is 5. The van der Waals surface area contributed by atoms with Gasteiger partial charge in [0.25, 0.3) is 0 Å². The molecular weight excluding hydrogens is 366 g/mol. The molecule has 1 saturated heterocycles. The van der Waals surface area contributed by atoms with Crippen LogP contribution in [0.5, 0.6) is 0 Å². The third kappa shape index (κ3) is 3.62. The van der Waals surface area contributed by atoms with E-state index in [9.17, 15) is 5.11 Å². The second kappa shape index (κ2) is 8.29. The zero-order chi connectivity index (χ0) is 20.4. The Labute approximate surface area is 169 Å². The van der Waals surface area contributed by atoms with E-state index < -0.39 is 6.10 Å². The summed E-state index contributed by atoms with van der Waals surface area (Å²) in [6, 6.07) is 11.1. The van der Waals surface area contributed by atoms with Gasteiger partial charge in [-0.25, -0.2) is 0 Å². The predicted octanol–water partition coefficient (Wildman–Crippen LogP) is 3.19. The van der Waals surface area contributed by atoms with E-state index in [1.165, 1.54) is 47.1 Å². The fourth-order valence-corrected chi connectivity index (χ4v) is 4.93. The van der Waals surface area contributed by atoms with Crippen LogP contribution in [0.3, 0.4) is 0 Å². The Hall–Kier alpha value is -2.79. The summed E-state index contributed by atoms with van der Waals surface area (Å²) in [5.74, 6) is 0. The van der Waals surface area contributed by atoms with Crippen molar-refractivity contribution in [1.82, 2.24) is 14.5 Å². The van der Waals surface area contributed by atoms with Crippen molar-refractivity contribution in [3.63, 3.8) is 0 Å². The zero-order valence-electron chi connectivity index (χ0n) is 16.5. The summed E-state index contributed by atoms with van der Waals surface area (Å²) in [4.78, 5) is 23.0. The maximum absolute atomic E-state index is 10.8. The first-order valence-corrected chi connectivity index (χ1v) is 10.1. The average molecular weight is 391 g/mol. The van der Waals surface area contributed by atoms with Gasteiger partial charge in [0.1, 0.15) is 0 Å². The van der Waals surface area contributed by atoms with Crippen LogP contribution >= 0.6 is 0 Å². The molecule has 2 aliphatic heterocycles. The minimum atomic E-state index is -0.513. The number of hydrogen-bond acceptors (Lipinski definition) is 5. The Kier molecular flexibility index (Phi) is 5.58. The first-order valence-electron chi connectivity index (χ1n) is 10.1. The second-order valence-corrected chi connectivity index (χ2v) is 7.82. The number of aliphatic hydroxyl groups is 1. The summed E-state index contributed by atoms with van der Waals surface area (Å²) in [7, 11) is 0. The van der Waals surface area contributed by atoms with Crippen LogP contribution < -0.4 is 0 Å². The lowest BCUT2D eigenvalue weighted by atomic mass is 9.95. The van der Waals surface area contributed by atoms with Crippen molar-refractivity contribution < 1.29 is 14.7 Å². The van der Waals surface area contributed by atoms with E-state index in [1.807, 2.05) is 12.1 Å². The fourth-order valence-electron chi connectivity index (χ4n) is 4.93. The molecule has 0 saturated carbocycles. The monoisotopic (exact) mass is 391 g/mol. The average Bonchev–Trinajstić information content (AvgIpc) is 3.32. The lowest BCUT2D eigenvalue weighted by Gasteiger charge is -2.31.